The van der Waals surface area contributed by atoms with Gasteiger partial charge in [-0.3, -0.25) is 19.3 Å². The number of nitrogens with two attached hydrogens (primary N) is 1. The second-order valence-corrected chi connectivity index (χ2v) is 9.70. The zero-order valence-corrected chi connectivity index (χ0v) is 18.5. The lowest BCUT2D eigenvalue weighted by Gasteiger charge is -2.45. The standard InChI is InChI=1S/C24H25FN2O7/c1-27-4-2-3-13(27)11-8-15(29)17-12(19(11)25)6-9-5-10-7-14(28)18(23(26)33)22(32)24(10,34)21(31)16(9)20(17)30/h8-10,13,28-29,31,34H,2-7H2,1H3,(H2,26,33)/t9?,10-,13?,24-/m0/s1. The number of likely N-dealkylation sites (tertiary alicyclic amines) is 1. The fourth-order valence-corrected chi connectivity index (χ4v) is 6.23. The van der Waals surface area contributed by atoms with E-state index < -0.39 is 63.6 Å². The molecule has 1 aromatic carbocycles. The molecule has 1 aromatic rings. The molecule has 34 heavy (non-hydrogen) atoms. The normalized spacial score (nSPS) is 31.4. The number of benzene rings is 1. The number of allylic oxidation sites excluding steroid dienone is 2. The summed E-state index contributed by atoms with van der Waals surface area (Å²) < 4.78 is 15.7. The van der Waals surface area contributed by atoms with Crippen LogP contribution in [-0.4, -0.2) is 62.0 Å². The number of fused-ring (bicyclic) bond motifs is 3. The highest BCUT2D eigenvalue weighted by Gasteiger charge is 2.59. The first-order chi connectivity index (χ1) is 16.0. The van der Waals surface area contributed by atoms with Gasteiger partial charge in [0.15, 0.2) is 11.4 Å². The number of hydrogen-bond donors (Lipinski definition) is 5. The Morgan fingerprint density at radius 2 is 1.94 bits per heavy atom. The Morgan fingerprint density at radius 3 is 2.56 bits per heavy atom. The van der Waals surface area contributed by atoms with Crippen LogP contribution in [0.5, 0.6) is 5.75 Å². The van der Waals surface area contributed by atoms with E-state index in [-0.39, 0.29) is 42.0 Å². The number of halogens is 1. The van der Waals surface area contributed by atoms with E-state index >= 15 is 4.39 Å². The number of phenols is 1. The highest BCUT2D eigenvalue weighted by atomic mass is 19.1. The van der Waals surface area contributed by atoms with Crippen LogP contribution in [-0.2, 0) is 16.0 Å². The van der Waals surface area contributed by atoms with Crippen molar-refractivity contribution in [1.82, 2.24) is 4.90 Å². The summed E-state index contributed by atoms with van der Waals surface area (Å²) in [6.07, 6.45) is 1.18. The molecule has 0 radical (unpaired) electrons. The number of aromatic hydroxyl groups is 1. The van der Waals surface area contributed by atoms with Crippen molar-refractivity contribution in [2.75, 3.05) is 13.6 Å². The monoisotopic (exact) mass is 472 g/mol. The summed E-state index contributed by atoms with van der Waals surface area (Å²) >= 11 is 0. The van der Waals surface area contributed by atoms with Gasteiger partial charge in [-0.15, -0.1) is 0 Å². The van der Waals surface area contributed by atoms with Gasteiger partial charge in [0.2, 0.25) is 5.78 Å². The number of ketones is 2. The molecule has 6 N–H and O–H groups in total. The third-order valence-electron chi connectivity index (χ3n) is 7.90. The number of primary amides is 1. The van der Waals surface area contributed by atoms with Gasteiger partial charge in [0.25, 0.3) is 5.91 Å². The first-order valence-corrected chi connectivity index (χ1v) is 11.2. The van der Waals surface area contributed by atoms with Crippen molar-refractivity contribution in [3.05, 3.63) is 51.2 Å². The molecule has 5 rings (SSSR count). The summed E-state index contributed by atoms with van der Waals surface area (Å²) in [5.74, 6) is -7.80. The molecule has 1 aliphatic heterocycles. The molecule has 2 unspecified atom stereocenters. The van der Waals surface area contributed by atoms with Crippen LogP contribution < -0.4 is 5.73 Å². The summed E-state index contributed by atoms with van der Waals surface area (Å²) in [6, 6.07) is 0.993. The lowest BCUT2D eigenvalue weighted by molar-refractivity contribution is -0.144. The van der Waals surface area contributed by atoms with Crippen molar-refractivity contribution in [3.8, 4) is 5.75 Å². The van der Waals surface area contributed by atoms with E-state index in [9.17, 15) is 34.8 Å². The van der Waals surface area contributed by atoms with Crippen molar-refractivity contribution in [3.63, 3.8) is 0 Å². The van der Waals surface area contributed by atoms with E-state index in [1.807, 2.05) is 11.9 Å². The molecule has 9 nitrogen and oxygen atoms in total. The molecular weight excluding hydrogens is 447 g/mol. The Labute approximate surface area is 194 Å². The maximum Gasteiger partial charge on any atom is 0.255 e. The first kappa shape index (κ1) is 22.5. The number of carbonyl (C=O) groups is 3. The van der Waals surface area contributed by atoms with Crippen molar-refractivity contribution in [2.24, 2.45) is 17.6 Å². The van der Waals surface area contributed by atoms with Crippen LogP contribution in [0.3, 0.4) is 0 Å². The topological polar surface area (TPSA) is 161 Å². The van der Waals surface area contributed by atoms with E-state index in [4.69, 9.17) is 5.73 Å². The summed E-state index contributed by atoms with van der Waals surface area (Å²) in [7, 11) is 1.86. The lowest BCUT2D eigenvalue weighted by atomic mass is 9.60. The van der Waals surface area contributed by atoms with Gasteiger partial charge >= 0.3 is 0 Å². The molecule has 3 aliphatic carbocycles. The van der Waals surface area contributed by atoms with E-state index in [0.717, 1.165) is 13.0 Å². The number of nitrogens with zero attached hydrogens (tertiary/aromatic N) is 1. The average Bonchev–Trinajstić information content (AvgIpc) is 3.18. The SMILES string of the molecule is CN1CCCC1c1cc(O)c2c(c1F)CC1C[C@H]3CC(O)=C(C(N)=O)C(=O)[C@@]3(O)C(O)=C1C2=O. The Balaban J connectivity index is 1.65. The molecule has 180 valence electrons. The van der Waals surface area contributed by atoms with Gasteiger partial charge in [-0.25, -0.2) is 4.39 Å². The van der Waals surface area contributed by atoms with Gasteiger partial charge in [0, 0.05) is 35.1 Å². The molecule has 4 aliphatic rings. The summed E-state index contributed by atoms with van der Waals surface area (Å²) in [5.41, 5.74) is 1.45. The fourth-order valence-electron chi connectivity index (χ4n) is 6.23. The molecule has 1 fully saturated rings. The molecule has 0 saturated carbocycles. The van der Waals surface area contributed by atoms with E-state index in [2.05, 4.69) is 0 Å². The first-order valence-electron chi connectivity index (χ1n) is 11.2. The van der Waals surface area contributed by atoms with Crippen LogP contribution in [0.4, 0.5) is 4.39 Å². The molecule has 4 atom stereocenters. The molecule has 1 saturated heterocycles. The molecule has 10 heteroatoms. The van der Waals surface area contributed by atoms with Crippen LogP contribution in [0, 0.1) is 17.7 Å². The Morgan fingerprint density at radius 1 is 1.24 bits per heavy atom. The van der Waals surface area contributed by atoms with Crippen LogP contribution in [0.1, 0.15) is 53.2 Å². The van der Waals surface area contributed by atoms with Crippen LogP contribution in [0.25, 0.3) is 0 Å². The third-order valence-corrected chi connectivity index (χ3v) is 7.90. The zero-order chi connectivity index (χ0) is 24.7. The van der Waals surface area contributed by atoms with Gasteiger partial charge in [0.1, 0.15) is 28.7 Å². The fraction of sp³-hybridized carbons (Fsp3) is 0.458. The number of aliphatic hydroxyl groups is 3. The predicted molar refractivity (Wildman–Crippen MR) is 115 cm³/mol. The highest BCUT2D eigenvalue weighted by molar-refractivity contribution is 6.24. The summed E-state index contributed by atoms with van der Waals surface area (Å²) in [6.45, 7) is 0.781. The Kier molecular flexibility index (Phi) is 4.89. The van der Waals surface area contributed by atoms with E-state index in [0.29, 0.717) is 12.0 Å². The number of carbonyl (C=O) groups excluding carboxylic acids is 3. The minimum atomic E-state index is -2.63. The number of amides is 1. The maximum atomic E-state index is 15.7. The van der Waals surface area contributed by atoms with Crippen molar-refractivity contribution >= 4 is 17.5 Å². The zero-order valence-electron chi connectivity index (χ0n) is 18.5. The van der Waals surface area contributed by atoms with Crippen molar-refractivity contribution in [2.45, 2.75) is 43.7 Å². The van der Waals surface area contributed by atoms with Crippen molar-refractivity contribution < 1.29 is 39.2 Å². The minimum absolute atomic E-state index is 0.0311. The lowest BCUT2D eigenvalue weighted by Crippen LogP contribution is -2.57. The van der Waals surface area contributed by atoms with Crippen LogP contribution in [0.2, 0.25) is 0 Å². The van der Waals surface area contributed by atoms with Gasteiger partial charge in [-0.2, -0.15) is 0 Å². The molecule has 0 bridgehead atoms. The molecule has 1 amide bonds. The second kappa shape index (κ2) is 7.38. The Bertz CT molecular complexity index is 1240. The van der Waals surface area contributed by atoms with Gasteiger partial charge in [-0.05, 0) is 51.3 Å². The number of hydrogen-bond acceptors (Lipinski definition) is 8. The average molecular weight is 472 g/mol. The maximum absolute atomic E-state index is 15.7. The van der Waals surface area contributed by atoms with E-state index in [1.165, 1.54) is 6.07 Å². The van der Waals surface area contributed by atoms with Crippen molar-refractivity contribution in [1.29, 1.82) is 0 Å². The number of Topliss-reactive ketones (excluding diaryl/α,β-unsaturated/α-hetero) is 2. The number of aliphatic hydroxyl groups excluding tert-OH is 2. The predicted octanol–water partition coefficient (Wildman–Crippen LogP) is 1.49. The summed E-state index contributed by atoms with van der Waals surface area (Å²) in [4.78, 5) is 40.0. The smallest absolute Gasteiger partial charge is 0.255 e. The minimum Gasteiger partial charge on any atom is -0.511 e. The third kappa shape index (κ3) is 2.81. The van der Waals surface area contributed by atoms with E-state index in [1.54, 1.807) is 0 Å². The van der Waals surface area contributed by atoms with Crippen LogP contribution in [0.15, 0.2) is 28.7 Å². The molecule has 1 heterocycles. The van der Waals surface area contributed by atoms with Gasteiger partial charge in [-0.1, -0.05) is 0 Å². The largest absolute Gasteiger partial charge is 0.511 e. The van der Waals surface area contributed by atoms with Gasteiger partial charge < -0.3 is 26.2 Å². The number of rotatable bonds is 2. The molecule has 0 aromatic heterocycles. The molecule has 0 spiro atoms. The Hall–Kier alpha value is -3.24. The van der Waals surface area contributed by atoms with Crippen LogP contribution >= 0.6 is 0 Å². The number of phenolic OH excluding ortho intramolecular Hbond substituents is 1. The molecular formula is C24H25FN2O7. The highest BCUT2D eigenvalue weighted by Crippen LogP contribution is 2.52. The van der Waals surface area contributed by atoms with Gasteiger partial charge in [0.05, 0.1) is 5.56 Å². The second-order valence-electron chi connectivity index (χ2n) is 9.70. The summed E-state index contributed by atoms with van der Waals surface area (Å²) in [5, 5.41) is 43.1. The quantitative estimate of drug-likeness (QED) is 0.405.